The molecule has 1 aromatic heterocycles. The summed E-state index contributed by atoms with van der Waals surface area (Å²) in [5, 5.41) is 2.45. The number of allylic oxidation sites excluding steroid dienone is 1. The lowest BCUT2D eigenvalue weighted by molar-refractivity contribution is -0.128. The van der Waals surface area contributed by atoms with Gasteiger partial charge >= 0.3 is 0 Å². The van der Waals surface area contributed by atoms with Gasteiger partial charge in [0.1, 0.15) is 5.82 Å². The highest BCUT2D eigenvalue weighted by Crippen LogP contribution is 2.38. The van der Waals surface area contributed by atoms with Gasteiger partial charge in [-0.15, -0.1) is 6.58 Å². The minimum Gasteiger partial charge on any atom is -0.323 e. The molecule has 24 heavy (non-hydrogen) atoms. The molecule has 2 amide bonds. The van der Waals surface area contributed by atoms with Crippen molar-refractivity contribution in [2.45, 2.75) is 25.9 Å². The van der Waals surface area contributed by atoms with Crippen LogP contribution >= 0.6 is 0 Å². The maximum atomic E-state index is 12.1. The summed E-state index contributed by atoms with van der Waals surface area (Å²) in [6.45, 7) is 6.63. The zero-order chi connectivity index (χ0) is 16.7. The molecule has 4 rings (SSSR count). The number of imidazole rings is 1. The Labute approximate surface area is 140 Å². The van der Waals surface area contributed by atoms with Crippen LogP contribution in [0.4, 0.5) is 0 Å². The van der Waals surface area contributed by atoms with Crippen molar-refractivity contribution < 1.29 is 9.59 Å². The molecule has 2 saturated heterocycles. The molecule has 1 spiro atoms. The van der Waals surface area contributed by atoms with Crippen molar-refractivity contribution in [3.63, 3.8) is 0 Å². The molecule has 0 bridgehead atoms. The van der Waals surface area contributed by atoms with Gasteiger partial charge in [0.2, 0.25) is 11.8 Å². The van der Waals surface area contributed by atoms with Gasteiger partial charge in [-0.25, -0.2) is 4.98 Å². The molecule has 1 N–H and O–H groups in total. The topological polar surface area (TPSA) is 67.2 Å². The second-order valence-corrected chi connectivity index (χ2v) is 6.71. The summed E-state index contributed by atoms with van der Waals surface area (Å²) in [6.07, 6.45) is 2.91. The number of imide groups is 1. The van der Waals surface area contributed by atoms with Gasteiger partial charge in [-0.2, -0.15) is 0 Å². The van der Waals surface area contributed by atoms with E-state index in [4.69, 9.17) is 4.98 Å². The Balaban J connectivity index is 1.59. The Morgan fingerprint density at radius 1 is 1.33 bits per heavy atom. The molecule has 124 valence electrons. The lowest BCUT2D eigenvalue weighted by atomic mass is 9.85. The lowest BCUT2D eigenvalue weighted by Crippen LogP contribution is -2.34. The Kier molecular flexibility index (Phi) is 3.49. The third kappa shape index (κ3) is 2.34. The second-order valence-electron chi connectivity index (χ2n) is 6.71. The summed E-state index contributed by atoms with van der Waals surface area (Å²) >= 11 is 0. The van der Waals surface area contributed by atoms with E-state index in [0.717, 1.165) is 29.8 Å². The average molecular weight is 324 g/mol. The van der Waals surface area contributed by atoms with Crippen molar-refractivity contribution in [1.29, 1.82) is 0 Å². The highest BCUT2D eigenvalue weighted by Gasteiger charge is 2.50. The smallest absolute Gasteiger partial charge is 0.234 e. The molecular formula is C18H20N4O2. The molecule has 2 aliphatic heterocycles. The predicted molar refractivity (Wildman–Crippen MR) is 90.0 cm³/mol. The number of benzene rings is 1. The fraction of sp³-hybridized carbons (Fsp3) is 0.389. The first kappa shape index (κ1) is 15.1. The first-order chi connectivity index (χ1) is 11.6. The highest BCUT2D eigenvalue weighted by molar-refractivity contribution is 6.06. The molecule has 2 aliphatic rings. The molecule has 0 saturated carbocycles. The van der Waals surface area contributed by atoms with E-state index in [1.54, 1.807) is 0 Å². The van der Waals surface area contributed by atoms with Crippen LogP contribution in [0.25, 0.3) is 11.0 Å². The van der Waals surface area contributed by atoms with Crippen molar-refractivity contribution in [1.82, 2.24) is 19.8 Å². The SMILES string of the molecule is C=CCn1c(CN2CCC3(CC(=O)NC3=O)C2)nc2ccccc21. The third-order valence-electron chi connectivity index (χ3n) is 5.08. The molecular weight excluding hydrogens is 304 g/mol. The summed E-state index contributed by atoms with van der Waals surface area (Å²) < 4.78 is 2.16. The minimum atomic E-state index is -0.535. The summed E-state index contributed by atoms with van der Waals surface area (Å²) in [6, 6.07) is 8.06. The molecule has 0 aliphatic carbocycles. The van der Waals surface area contributed by atoms with Crippen molar-refractivity contribution in [3.05, 3.63) is 42.7 Å². The third-order valence-corrected chi connectivity index (χ3v) is 5.08. The van der Waals surface area contributed by atoms with E-state index in [1.165, 1.54) is 0 Å². The molecule has 1 atom stereocenters. The molecule has 2 fully saturated rings. The van der Waals surface area contributed by atoms with Crippen LogP contribution in [0.15, 0.2) is 36.9 Å². The normalized spacial score (nSPS) is 24.2. The van der Waals surface area contributed by atoms with Gasteiger partial charge < -0.3 is 4.57 Å². The fourth-order valence-corrected chi connectivity index (χ4v) is 3.89. The summed E-state index contributed by atoms with van der Waals surface area (Å²) in [5.41, 5.74) is 1.53. The summed E-state index contributed by atoms with van der Waals surface area (Å²) in [4.78, 5) is 30.7. The molecule has 0 radical (unpaired) electrons. The number of likely N-dealkylation sites (tertiary alicyclic amines) is 1. The molecule has 2 aromatic rings. The van der Waals surface area contributed by atoms with E-state index in [0.29, 0.717) is 26.1 Å². The van der Waals surface area contributed by atoms with Crippen LogP contribution in [0.1, 0.15) is 18.7 Å². The Morgan fingerprint density at radius 3 is 2.92 bits per heavy atom. The number of carbonyl (C=O) groups excluding carboxylic acids is 2. The first-order valence-electron chi connectivity index (χ1n) is 8.23. The Morgan fingerprint density at radius 2 is 2.17 bits per heavy atom. The number of nitrogens with one attached hydrogen (secondary N) is 1. The Bertz CT molecular complexity index is 841. The van der Waals surface area contributed by atoms with Crippen LogP contribution in [-0.4, -0.2) is 39.4 Å². The number of hydrogen-bond donors (Lipinski definition) is 1. The average Bonchev–Trinajstić information content (AvgIpc) is 3.19. The number of hydrogen-bond acceptors (Lipinski definition) is 4. The van der Waals surface area contributed by atoms with E-state index in [-0.39, 0.29) is 11.8 Å². The number of carbonyl (C=O) groups is 2. The van der Waals surface area contributed by atoms with E-state index in [9.17, 15) is 9.59 Å². The first-order valence-corrected chi connectivity index (χ1v) is 8.23. The molecule has 3 heterocycles. The van der Waals surface area contributed by atoms with Gasteiger partial charge in [0.05, 0.1) is 23.0 Å². The number of fused-ring (bicyclic) bond motifs is 1. The van der Waals surface area contributed by atoms with Crippen molar-refractivity contribution >= 4 is 22.8 Å². The summed E-state index contributed by atoms with van der Waals surface area (Å²) in [7, 11) is 0. The minimum absolute atomic E-state index is 0.116. The largest absolute Gasteiger partial charge is 0.323 e. The number of nitrogens with zero attached hydrogens (tertiary/aromatic N) is 3. The quantitative estimate of drug-likeness (QED) is 0.683. The van der Waals surface area contributed by atoms with Gasteiger partial charge in [0.15, 0.2) is 0 Å². The molecule has 1 unspecified atom stereocenters. The van der Waals surface area contributed by atoms with Gasteiger partial charge in [-0.3, -0.25) is 19.8 Å². The van der Waals surface area contributed by atoms with Crippen molar-refractivity contribution in [2.75, 3.05) is 13.1 Å². The van der Waals surface area contributed by atoms with E-state index in [2.05, 4.69) is 27.4 Å². The van der Waals surface area contributed by atoms with Gasteiger partial charge in [0.25, 0.3) is 0 Å². The predicted octanol–water partition coefficient (Wildman–Crippen LogP) is 1.46. The summed E-state index contributed by atoms with van der Waals surface area (Å²) in [5.74, 6) is 0.702. The number of aromatic nitrogens is 2. The van der Waals surface area contributed by atoms with Crippen LogP contribution in [0, 0.1) is 5.41 Å². The van der Waals surface area contributed by atoms with Gasteiger partial charge in [-0.05, 0) is 25.1 Å². The van der Waals surface area contributed by atoms with E-state index < -0.39 is 5.41 Å². The second kappa shape index (κ2) is 5.56. The van der Waals surface area contributed by atoms with Crippen LogP contribution in [-0.2, 0) is 22.7 Å². The maximum Gasteiger partial charge on any atom is 0.234 e. The zero-order valence-corrected chi connectivity index (χ0v) is 13.5. The molecule has 6 nitrogen and oxygen atoms in total. The fourth-order valence-electron chi connectivity index (χ4n) is 3.89. The van der Waals surface area contributed by atoms with Crippen molar-refractivity contribution in [2.24, 2.45) is 5.41 Å². The standard InChI is InChI=1S/C18H20N4O2/c1-2-8-22-14-6-4-3-5-13(14)19-15(22)11-21-9-7-18(12-21)10-16(23)20-17(18)24/h2-6H,1,7-12H2,(H,20,23,24). The molecule has 1 aromatic carbocycles. The van der Waals surface area contributed by atoms with E-state index in [1.807, 2.05) is 24.3 Å². The number of amides is 2. The van der Waals surface area contributed by atoms with Gasteiger partial charge in [-0.1, -0.05) is 18.2 Å². The van der Waals surface area contributed by atoms with Crippen molar-refractivity contribution in [3.8, 4) is 0 Å². The Hall–Kier alpha value is -2.47. The van der Waals surface area contributed by atoms with Crippen LogP contribution in [0.3, 0.4) is 0 Å². The van der Waals surface area contributed by atoms with Crippen LogP contribution in [0.5, 0.6) is 0 Å². The maximum absolute atomic E-state index is 12.1. The lowest BCUT2D eigenvalue weighted by Gasteiger charge is -2.20. The van der Waals surface area contributed by atoms with Gasteiger partial charge in [0, 0.05) is 19.5 Å². The van der Waals surface area contributed by atoms with E-state index >= 15 is 0 Å². The zero-order valence-electron chi connectivity index (χ0n) is 13.5. The highest BCUT2D eigenvalue weighted by atomic mass is 16.2. The van der Waals surface area contributed by atoms with Crippen LogP contribution < -0.4 is 5.32 Å². The number of para-hydroxylation sites is 2. The number of rotatable bonds is 4. The monoisotopic (exact) mass is 324 g/mol. The van der Waals surface area contributed by atoms with Crippen LogP contribution in [0.2, 0.25) is 0 Å². The molecule has 6 heteroatoms.